The van der Waals surface area contributed by atoms with Crippen LogP contribution in [0.25, 0.3) is 0 Å². The molecule has 0 aliphatic carbocycles. The molecule has 0 spiro atoms. The van der Waals surface area contributed by atoms with Crippen LogP contribution in [0.3, 0.4) is 0 Å². The van der Waals surface area contributed by atoms with Crippen molar-refractivity contribution >= 4 is 0 Å². The molecule has 0 aromatic carbocycles. The predicted molar refractivity (Wildman–Crippen MR) is 18.5 cm³/mol. The van der Waals surface area contributed by atoms with Gasteiger partial charge in [0, 0.05) is 0 Å². The lowest BCUT2D eigenvalue weighted by Gasteiger charge is -0.701. The summed E-state index contributed by atoms with van der Waals surface area (Å²) < 4.78 is 0. The molecule has 2 heteroatoms. The van der Waals surface area contributed by atoms with E-state index in [4.69, 9.17) is 0 Å². The third-order valence-corrected chi connectivity index (χ3v) is 0. The van der Waals surface area contributed by atoms with Gasteiger partial charge in [-0.05, 0) is 0 Å². The Bertz CT molecular complexity index is 10.8. The summed E-state index contributed by atoms with van der Waals surface area (Å²) in [7, 11) is 0. The van der Waals surface area contributed by atoms with Gasteiger partial charge in [0.15, 0.2) is 0 Å². The lowest BCUT2D eigenvalue weighted by Crippen LogP contribution is -0.576. The monoisotopic (exact) mass is 61.1 g/mol. The molecule has 2 nitrogen and oxygen atoms in total. The van der Waals surface area contributed by atoms with Gasteiger partial charge in [-0.3, -0.25) is 0 Å². The first kappa shape index (κ1) is 92.9. The maximum absolute atomic E-state index is 4.00. The summed E-state index contributed by atoms with van der Waals surface area (Å²) in [4.78, 5) is 0. The van der Waals surface area contributed by atoms with Gasteiger partial charge in [-0.25, -0.2) is 0 Å². The van der Waals surface area contributed by atoms with Crippen LogP contribution in [0.15, 0.2) is 0 Å². The van der Waals surface area contributed by atoms with Crippen LogP contribution in [-0.4, -0.2) is 5.48 Å². The van der Waals surface area contributed by atoms with E-state index in [1.54, 1.807) is 0 Å². The Kier molecular flexibility index (Phi) is 467. The van der Waals surface area contributed by atoms with E-state index in [-0.39, 0.29) is 11.6 Å². The van der Waals surface area contributed by atoms with Gasteiger partial charge in [0.1, 0.15) is 0 Å². The molecule has 0 heterocycles. The molecule has 0 saturated carbocycles. The van der Waals surface area contributed by atoms with Gasteiger partial charge in [0.25, 0.3) is 0 Å². The number of hydrogen-bond donors (Lipinski definition) is 1. The average Bonchev–Trinajstić information content (AvgIpc) is 1.00. The van der Waals surface area contributed by atoms with Gasteiger partial charge >= 0.3 is 0 Å². The van der Waals surface area contributed by atoms with Crippen molar-refractivity contribution < 1.29 is 5.48 Å². The second kappa shape index (κ2) is 20.1. The molecule has 0 radical (unpaired) electrons. The summed E-state index contributed by atoms with van der Waals surface area (Å²) in [5.41, 5.74) is 0. The number of terminal acetylenes is 1. The van der Waals surface area contributed by atoms with E-state index in [1.165, 1.54) is 0 Å². The highest BCUT2D eigenvalue weighted by atomic mass is 16.0. The van der Waals surface area contributed by atoms with Crippen molar-refractivity contribution in [3.8, 4) is 12.8 Å². The zero-order valence-electron chi connectivity index (χ0n) is 2.36. The van der Waals surface area contributed by atoms with Crippen LogP contribution in [-0.2, 0) is 0 Å². The molecule has 0 aromatic rings. The highest BCUT2D eigenvalue weighted by molar-refractivity contribution is 4.47. The minimum Gasteiger partial charge on any atom is -0.412 e. The molecule has 0 aromatic heterocycles. The molecule has 0 amide bonds. The first-order valence-electron chi connectivity index (χ1n) is 0.333. The molecule has 4 heavy (non-hydrogen) atoms. The minimum absolute atomic E-state index is 0. The summed E-state index contributed by atoms with van der Waals surface area (Å²) in [6.45, 7) is 0. The quantitative estimate of drug-likeness (QED) is 0.380. The smallest absolute Gasteiger partial charge is 0.124 e. The molecule has 0 aliphatic heterocycles. The highest BCUT2D eigenvalue weighted by Gasteiger charge is 0.454. The maximum Gasteiger partial charge on any atom is -0.124 e. The fraction of sp³-hybridized carbons (Fsp3) is 0. The van der Waals surface area contributed by atoms with Crippen LogP contribution < -0.4 is 6.15 Å². The van der Waals surface area contributed by atoms with E-state index in [1.807, 2.05) is 0 Å². The summed E-state index contributed by atoms with van der Waals surface area (Å²) in [6, 6.07) is 0. The van der Waals surface area contributed by atoms with E-state index >= 15 is 0 Å². The maximum atomic E-state index is 4.00. The topological polar surface area (TPSA) is 66.5 Å². The predicted octanol–water partition coefficient (Wildman–Crippen LogP) is -0.413. The Morgan fingerprint density at radius 1 is 1.00 bits per heavy atom. The second-order valence-electron chi connectivity index (χ2n) is 0. The minimum atomic E-state index is 0. The van der Waals surface area contributed by atoms with Crippen LogP contribution in [0, 0.1) is 12.8 Å². The van der Waals surface area contributed by atoms with Crippen molar-refractivity contribution in [2.75, 3.05) is 0 Å². The summed E-state index contributed by atoms with van der Waals surface area (Å²) in [5, 5.41) is 0. The Morgan fingerprint density at radius 3 is 1.00 bits per heavy atom. The van der Waals surface area contributed by atoms with Gasteiger partial charge in [0.05, 0.1) is 0 Å². The highest BCUT2D eigenvalue weighted by Crippen LogP contribution is 0.579. The van der Waals surface area contributed by atoms with Crippen LogP contribution in [0.2, 0.25) is 0 Å². The Balaban J connectivity index is -0.00000000500. The zero-order chi connectivity index (χ0) is 2.00. The Labute approximate surface area is 25.7 Å². The van der Waals surface area contributed by atoms with Crippen molar-refractivity contribution in [1.82, 2.24) is 6.15 Å². The van der Waals surface area contributed by atoms with Crippen molar-refractivity contribution in [3.05, 3.63) is 0 Å². The van der Waals surface area contributed by atoms with E-state index in [9.17, 15) is 0 Å². The van der Waals surface area contributed by atoms with Crippen molar-refractivity contribution in [2.24, 2.45) is 0 Å². The Hall–Kier alpha value is -0.520. The summed E-state index contributed by atoms with van der Waals surface area (Å²) in [6.07, 6.45) is 8.00. The third-order valence-electron chi connectivity index (χ3n) is 0. The molecule has 0 saturated heterocycles. The summed E-state index contributed by atoms with van der Waals surface area (Å²) >= 11 is 0. The molecule has 0 rings (SSSR count). The van der Waals surface area contributed by atoms with Crippen LogP contribution in [0.4, 0.5) is 0 Å². The largest absolute Gasteiger partial charge is 0.412 e. The standard InChI is InChI=1S/C2H2.H3N.H2O/c1-2;;/h1-2H;1H3;1H2. The molecule has 0 bridgehead atoms. The molecule has 0 atom stereocenters. The van der Waals surface area contributed by atoms with Crippen molar-refractivity contribution in [1.29, 1.82) is 0 Å². The lowest BCUT2D eigenvalue weighted by molar-refractivity contribution is 0.824. The van der Waals surface area contributed by atoms with E-state index < -0.39 is 0 Å². The molecule has 0 fully saturated rings. The van der Waals surface area contributed by atoms with Gasteiger partial charge in [-0.2, -0.15) is 0 Å². The molecule has 0 unspecified atom stereocenters. The van der Waals surface area contributed by atoms with Gasteiger partial charge in [-0.15, -0.1) is 12.8 Å². The van der Waals surface area contributed by atoms with Crippen LogP contribution >= 0.6 is 0 Å². The summed E-state index contributed by atoms with van der Waals surface area (Å²) in [5.74, 6) is 0. The normalized spacial score (nSPS) is 0.500. The number of hydrogen-bond acceptors (Lipinski definition) is 1. The van der Waals surface area contributed by atoms with E-state index in [2.05, 4.69) is 12.8 Å². The fourth-order valence-corrected chi connectivity index (χ4v) is 0. The fourth-order valence-electron chi connectivity index (χ4n) is 0. The van der Waals surface area contributed by atoms with Crippen LogP contribution in [0.5, 0.6) is 0 Å². The van der Waals surface area contributed by atoms with Gasteiger partial charge in [-0.1, -0.05) is 0 Å². The Morgan fingerprint density at radius 2 is 1.00 bits per heavy atom. The van der Waals surface area contributed by atoms with E-state index in [0.29, 0.717) is 0 Å². The molecule has 0 aliphatic rings. The van der Waals surface area contributed by atoms with Crippen molar-refractivity contribution in [3.63, 3.8) is 0 Å². The first-order valence-corrected chi connectivity index (χ1v) is 0.333. The van der Waals surface area contributed by atoms with Crippen LogP contribution in [0.1, 0.15) is 0 Å². The van der Waals surface area contributed by atoms with Crippen molar-refractivity contribution in [2.45, 2.75) is 0 Å². The SMILES string of the molecule is C#C.N.O. The lowest BCUT2D eigenvalue weighted by atomic mass is 11.4. The molecule has 5 N–H and O–H groups in total. The second-order valence-corrected chi connectivity index (χ2v) is 0. The van der Waals surface area contributed by atoms with Gasteiger partial charge in [0.2, 0.25) is 0 Å². The molecular formula is C2H7NO. The average molecular weight is 61.1 g/mol. The van der Waals surface area contributed by atoms with Gasteiger partial charge < -0.3 is 11.6 Å². The molecule has 26 valence electrons. The first-order chi connectivity index (χ1) is 1.00. The third kappa shape index (κ3) is 1.26. The van der Waals surface area contributed by atoms with E-state index in [0.717, 1.165) is 0 Å². The number of rotatable bonds is 0. The zero-order valence-corrected chi connectivity index (χ0v) is 2.36. The molecular weight excluding hydrogens is 54.0 g/mol.